The molecular formula is C18H24N4O2. The van der Waals surface area contributed by atoms with Gasteiger partial charge in [0.25, 0.3) is 5.91 Å². The summed E-state index contributed by atoms with van der Waals surface area (Å²) in [6.45, 7) is 6.31. The molecule has 6 heteroatoms. The van der Waals surface area contributed by atoms with Crippen molar-refractivity contribution in [1.29, 1.82) is 0 Å². The summed E-state index contributed by atoms with van der Waals surface area (Å²) in [5.41, 5.74) is 1.38. The molecule has 1 unspecified atom stereocenters. The van der Waals surface area contributed by atoms with Crippen LogP contribution in [0.3, 0.4) is 0 Å². The minimum Gasteiger partial charge on any atom is -0.496 e. The summed E-state index contributed by atoms with van der Waals surface area (Å²) in [6.07, 6.45) is 0.870. The van der Waals surface area contributed by atoms with Gasteiger partial charge in [-0.1, -0.05) is 25.1 Å². The lowest BCUT2D eigenvalue weighted by Crippen LogP contribution is -2.32. The Balaban J connectivity index is 2.12. The van der Waals surface area contributed by atoms with Gasteiger partial charge in [-0.15, -0.1) is 0 Å². The Kier molecular flexibility index (Phi) is 6.12. The van der Waals surface area contributed by atoms with E-state index in [2.05, 4.69) is 20.6 Å². The van der Waals surface area contributed by atoms with Gasteiger partial charge in [0.2, 0.25) is 0 Å². The van der Waals surface area contributed by atoms with Crippen LogP contribution < -0.4 is 15.4 Å². The molecule has 0 saturated carbocycles. The van der Waals surface area contributed by atoms with Gasteiger partial charge in [-0.05, 0) is 26.3 Å². The number of ether oxygens (including phenoxy) is 1. The van der Waals surface area contributed by atoms with Crippen LogP contribution in [0.2, 0.25) is 0 Å². The zero-order valence-electron chi connectivity index (χ0n) is 14.6. The van der Waals surface area contributed by atoms with Crippen LogP contribution in [0.4, 0.5) is 5.82 Å². The zero-order chi connectivity index (χ0) is 17.5. The average molecular weight is 328 g/mol. The normalized spacial score (nSPS) is 11.7. The Morgan fingerprint density at radius 3 is 2.75 bits per heavy atom. The number of rotatable bonds is 7. The lowest BCUT2D eigenvalue weighted by molar-refractivity contribution is 0.0934. The summed E-state index contributed by atoms with van der Waals surface area (Å²) in [4.78, 5) is 20.8. The van der Waals surface area contributed by atoms with Crippen molar-refractivity contribution in [1.82, 2.24) is 15.3 Å². The molecule has 1 heterocycles. The van der Waals surface area contributed by atoms with Gasteiger partial charge in [-0.25, -0.2) is 9.97 Å². The molecule has 0 aliphatic heterocycles. The summed E-state index contributed by atoms with van der Waals surface area (Å²) >= 11 is 0. The van der Waals surface area contributed by atoms with Crippen LogP contribution in [0, 0.1) is 6.92 Å². The van der Waals surface area contributed by atoms with Gasteiger partial charge in [0.1, 0.15) is 23.1 Å². The molecule has 0 fully saturated rings. The summed E-state index contributed by atoms with van der Waals surface area (Å²) in [6, 6.07) is 9.55. The maximum Gasteiger partial charge on any atom is 0.270 e. The van der Waals surface area contributed by atoms with E-state index in [0.29, 0.717) is 23.9 Å². The van der Waals surface area contributed by atoms with Gasteiger partial charge < -0.3 is 15.4 Å². The fraction of sp³-hybridized carbons (Fsp3) is 0.389. The second-order valence-electron chi connectivity index (χ2n) is 5.63. The summed E-state index contributed by atoms with van der Waals surface area (Å²) in [7, 11) is 1.64. The van der Waals surface area contributed by atoms with Crippen molar-refractivity contribution in [2.45, 2.75) is 39.8 Å². The van der Waals surface area contributed by atoms with Crippen molar-refractivity contribution in [3.63, 3.8) is 0 Å². The fourth-order valence-corrected chi connectivity index (χ4v) is 2.21. The highest BCUT2D eigenvalue weighted by atomic mass is 16.5. The number of nitrogens with one attached hydrogen (secondary N) is 2. The number of nitrogens with zero attached hydrogens (tertiary/aromatic N) is 2. The number of carbonyl (C=O) groups excluding carboxylic acids is 1. The molecule has 1 atom stereocenters. The van der Waals surface area contributed by atoms with E-state index in [0.717, 1.165) is 17.7 Å². The average Bonchev–Trinajstić information content (AvgIpc) is 2.59. The third-order valence-corrected chi connectivity index (χ3v) is 3.71. The van der Waals surface area contributed by atoms with E-state index in [1.165, 1.54) is 0 Å². The molecule has 0 aliphatic carbocycles. The number of carbonyl (C=O) groups is 1. The Bertz CT molecular complexity index is 703. The highest BCUT2D eigenvalue weighted by molar-refractivity contribution is 5.93. The van der Waals surface area contributed by atoms with E-state index < -0.39 is 0 Å². The lowest BCUT2D eigenvalue weighted by Gasteiger charge is -2.13. The zero-order valence-corrected chi connectivity index (χ0v) is 14.6. The predicted octanol–water partition coefficient (Wildman–Crippen LogP) is 2.93. The van der Waals surface area contributed by atoms with Gasteiger partial charge in [-0.3, -0.25) is 4.79 Å². The summed E-state index contributed by atoms with van der Waals surface area (Å²) < 4.78 is 5.34. The van der Waals surface area contributed by atoms with E-state index in [4.69, 9.17) is 4.74 Å². The van der Waals surface area contributed by atoms with E-state index in [1.807, 2.05) is 38.1 Å². The maximum atomic E-state index is 12.2. The molecule has 1 aromatic carbocycles. The maximum absolute atomic E-state index is 12.2. The molecule has 128 valence electrons. The molecule has 6 nitrogen and oxygen atoms in total. The molecule has 0 radical (unpaired) electrons. The molecule has 2 rings (SSSR count). The minimum atomic E-state index is -0.185. The number of benzene rings is 1. The summed E-state index contributed by atoms with van der Waals surface area (Å²) in [5.74, 6) is 1.79. The highest BCUT2D eigenvalue weighted by Crippen LogP contribution is 2.18. The SMILES string of the molecule is CCC(C)NC(=O)c1cc(NCc2ccccc2OC)nc(C)n1. The topological polar surface area (TPSA) is 76.1 Å². The smallest absolute Gasteiger partial charge is 0.270 e. The second-order valence-corrected chi connectivity index (χ2v) is 5.63. The quantitative estimate of drug-likeness (QED) is 0.817. The first-order valence-electron chi connectivity index (χ1n) is 8.05. The van der Waals surface area contributed by atoms with Crippen LogP contribution in [0.1, 0.15) is 42.1 Å². The Labute approximate surface area is 142 Å². The van der Waals surface area contributed by atoms with Crippen molar-refractivity contribution < 1.29 is 9.53 Å². The first-order valence-corrected chi connectivity index (χ1v) is 8.05. The van der Waals surface area contributed by atoms with Crippen molar-refractivity contribution in [3.8, 4) is 5.75 Å². The number of amides is 1. The van der Waals surface area contributed by atoms with E-state index in [1.54, 1.807) is 20.1 Å². The molecule has 1 aromatic heterocycles. The van der Waals surface area contributed by atoms with Gasteiger partial charge in [0.15, 0.2) is 0 Å². The van der Waals surface area contributed by atoms with Crippen LogP contribution in [-0.2, 0) is 6.54 Å². The van der Waals surface area contributed by atoms with Gasteiger partial charge in [0.05, 0.1) is 7.11 Å². The standard InChI is InChI=1S/C18H24N4O2/c1-5-12(2)20-18(23)15-10-17(22-13(3)21-15)19-11-14-8-6-7-9-16(14)24-4/h6-10,12H,5,11H2,1-4H3,(H,20,23)(H,19,21,22). The first kappa shape index (κ1) is 17.7. The van der Waals surface area contributed by atoms with Crippen LogP contribution in [0.5, 0.6) is 5.75 Å². The van der Waals surface area contributed by atoms with Gasteiger partial charge in [-0.2, -0.15) is 0 Å². The molecule has 0 spiro atoms. The Morgan fingerprint density at radius 2 is 2.04 bits per heavy atom. The van der Waals surface area contributed by atoms with E-state index >= 15 is 0 Å². The molecule has 0 bridgehead atoms. The van der Waals surface area contributed by atoms with E-state index in [-0.39, 0.29) is 11.9 Å². The number of aryl methyl sites for hydroxylation is 1. The Morgan fingerprint density at radius 1 is 1.29 bits per heavy atom. The van der Waals surface area contributed by atoms with Gasteiger partial charge >= 0.3 is 0 Å². The fourth-order valence-electron chi connectivity index (χ4n) is 2.21. The van der Waals surface area contributed by atoms with Crippen LogP contribution in [0.15, 0.2) is 30.3 Å². The summed E-state index contributed by atoms with van der Waals surface area (Å²) in [5, 5.41) is 6.14. The molecule has 2 N–H and O–H groups in total. The van der Waals surface area contributed by atoms with Crippen molar-refractivity contribution >= 4 is 11.7 Å². The van der Waals surface area contributed by atoms with Crippen molar-refractivity contribution in [3.05, 3.63) is 47.4 Å². The number of anilines is 1. The lowest BCUT2D eigenvalue weighted by atomic mass is 10.2. The predicted molar refractivity (Wildman–Crippen MR) is 94.3 cm³/mol. The van der Waals surface area contributed by atoms with Crippen LogP contribution in [0.25, 0.3) is 0 Å². The first-order chi connectivity index (χ1) is 11.5. The second kappa shape index (κ2) is 8.29. The number of hydrogen-bond donors (Lipinski definition) is 2. The molecular weight excluding hydrogens is 304 g/mol. The monoisotopic (exact) mass is 328 g/mol. The number of methoxy groups -OCH3 is 1. The number of para-hydroxylation sites is 1. The van der Waals surface area contributed by atoms with Crippen molar-refractivity contribution in [2.24, 2.45) is 0 Å². The molecule has 1 amide bonds. The number of aromatic nitrogens is 2. The Hall–Kier alpha value is -2.63. The third kappa shape index (κ3) is 4.68. The van der Waals surface area contributed by atoms with Crippen LogP contribution in [-0.4, -0.2) is 29.0 Å². The van der Waals surface area contributed by atoms with E-state index in [9.17, 15) is 4.79 Å². The van der Waals surface area contributed by atoms with Gasteiger partial charge in [0, 0.05) is 24.2 Å². The molecule has 2 aromatic rings. The molecule has 0 saturated heterocycles. The largest absolute Gasteiger partial charge is 0.496 e. The molecule has 0 aliphatic rings. The van der Waals surface area contributed by atoms with Crippen molar-refractivity contribution in [2.75, 3.05) is 12.4 Å². The molecule has 24 heavy (non-hydrogen) atoms. The third-order valence-electron chi connectivity index (χ3n) is 3.71. The van der Waals surface area contributed by atoms with Crippen LogP contribution >= 0.6 is 0 Å². The highest BCUT2D eigenvalue weighted by Gasteiger charge is 2.12. The minimum absolute atomic E-state index is 0.109. The number of hydrogen-bond acceptors (Lipinski definition) is 5.